The van der Waals surface area contributed by atoms with Crippen LogP contribution in [0.5, 0.6) is 0 Å². The van der Waals surface area contributed by atoms with E-state index in [0.29, 0.717) is 32.7 Å². The van der Waals surface area contributed by atoms with Crippen LogP contribution in [0.2, 0.25) is 0 Å². The second kappa shape index (κ2) is 16.9. The second-order valence-electron chi connectivity index (χ2n) is 11.7. The molecular formula is C32H46N3O4PS2. The normalized spacial score (nSPS) is 13.7. The van der Waals surface area contributed by atoms with Gasteiger partial charge in [-0.25, -0.2) is 9.46 Å². The molecule has 10 heteroatoms. The molecule has 0 bridgehead atoms. The molecule has 1 amide bonds. The molecule has 1 unspecified atom stereocenters. The Morgan fingerprint density at radius 3 is 2.07 bits per heavy atom. The van der Waals surface area contributed by atoms with Crippen LogP contribution < -0.4 is 0 Å². The first kappa shape index (κ1) is 34.7. The third-order valence-corrected chi connectivity index (χ3v) is 12.0. The summed E-state index contributed by atoms with van der Waals surface area (Å²) in [7, 11) is 2.20. The molecule has 0 aliphatic heterocycles. The minimum Gasteiger partial charge on any atom is -0.448 e. The molecule has 0 saturated heterocycles. The van der Waals surface area contributed by atoms with Crippen LogP contribution in [-0.2, 0) is 13.8 Å². The molecule has 0 heterocycles. The van der Waals surface area contributed by atoms with Crippen molar-refractivity contribution >= 4 is 36.2 Å². The molecule has 0 spiro atoms. The van der Waals surface area contributed by atoms with Gasteiger partial charge < -0.3 is 18.7 Å². The van der Waals surface area contributed by atoms with Gasteiger partial charge in [0.2, 0.25) is 0 Å². The standard InChI is InChI=1S/C32H46N3O4PS2/c1-24(2)35(25(3)4)40(38-20-12-17-33)39-21-18-34(19-22-41-42-32(5,6)7)31(36)37-23-30-28-15-10-8-13-26(28)27-14-9-11-16-29(27)30/h8-11,13-16,24-25,30H,12,18-23H2,1-7H3. The van der Waals surface area contributed by atoms with Gasteiger partial charge in [0, 0.05) is 41.6 Å². The van der Waals surface area contributed by atoms with Gasteiger partial charge in [-0.1, -0.05) is 90.9 Å². The van der Waals surface area contributed by atoms with E-state index in [1.165, 1.54) is 22.3 Å². The van der Waals surface area contributed by atoms with Gasteiger partial charge in [0.1, 0.15) is 6.61 Å². The Balaban J connectivity index is 1.67. The fourth-order valence-electron chi connectivity index (χ4n) is 4.89. The quantitative estimate of drug-likeness (QED) is 0.103. The Bertz CT molecular complexity index is 1130. The number of rotatable bonds is 16. The Labute approximate surface area is 262 Å². The maximum absolute atomic E-state index is 13.5. The molecule has 230 valence electrons. The average Bonchev–Trinajstić information content (AvgIpc) is 3.25. The molecule has 0 saturated carbocycles. The Morgan fingerprint density at radius 1 is 0.952 bits per heavy atom. The molecule has 0 fully saturated rings. The lowest BCUT2D eigenvalue weighted by Crippen LogP contribution is -2.38. The van der Waals surface area contributed by atoms with E-state index in [2.05, 4.69) is 95.6 Å². The highest BCUT2D eigenvalue weighted by atomic mass is 33.1. The topological polar surface area (TPSA) is 75.0 Å². The number of ether oxygens (including phenoxy) is 1. The smallest absolute Gasteiger partial charge is 0.409 e. The number of hydrogen-bond acceptors (Lipinski definition) is 8. The number of fused-ring (bicyclic) bond motifs is 3. The summed E-state index contributed by atoms with van der Waals surface area (Å²) in [5.41, 5.74) is 4.81. The summed E-state index contributed by atoms with van der Waals surface area (Å²) in [6, 6.07) is 19.3. The molecule has 0 aromatic heterocycles. The summed E-state index contributed by atoms with van der Waals surface area (Å²) in [4.78, 5) is 15.3. The first-order valence-electron chi connectivity index (χ1n) is 14.6. The van der Waals surface area contributed by atoms with Gasteiger partial charge in [-0.3, -0.25) is 0 Å². The fraction of sp³-hybridized carbons (Fsp3) is 0.562. The maximum atomic E-state index is 13.5. The Kier molecular flexibility index (Phi) is 14.0. The van der Waals surface area contributed by atoms with Crippen molar-refractivity contribution in [2.45, 2.75) is 77.6 Å². The summed E-state index contributed by atoms with van der Waals surface area (Å²) in [5.74, 6) is 0.793. The van der Waals surface area contributed by atoms with Crippen LogP contribution in [0.4, 0.5) is 4.79 Å². The molecule has 42 heavy (non-hydrogen) atoms. The van der Waals surface area contributed by atoms with Crippen LogP contribution in [-0.4, -0.2) is 71.2 Å². The first-order chi connectivity index (χ1) is 20.0. The van der Waals surface area contributed by atoms with E-state index in [1.54, 1.807) is 15.7 Å². The lowest BCUT2D eigenvalue weighted by atomic mass is 9.98. The van der Waals surface area contributed by atoms with E-state index in [-0.39, 0.29) is 35.4 Å². The predicted octanol–water partition coefficient (Wildman–Crippen LogP) is 8.71. The highest BCUT2D eigenvalue weighted by molar-refractivity contribution is 8.77. The number of nitriles is 1. The van der Waals surface area contributed by atoms with Crippen molar-refractivity contribution in [1.29, 1.82) is 5.26 Å². The highest BCUT2D eigenvalue weighted by Gasteiger charge is 2.31. The van der Waals surface area contributed by atoms with Crippen molar-refractivity contribution in [2.24, 2.45) is 0 Å². The molecule has 2 aromatic rings. The molecule has 7 nitrogen and oxygen atoms in total. The summed E-state index contributed by atoms with van der Waals surface area (Å²) < 4.78 is 20.6. The third kappa shape index (κ3) is 10.1. The zero-order valence-corrected chi connectivity index (χ0v) is 28.6. The summed E-state index contributed by atoms with van der Waals surface area (Å²) in [6.45, 7) is 16.9. The number of carbonyl (C=O) groups excluding carboxylic acids is 1. The Hall–Kier alpha value is -1.79. The molecule has 1 atom stereocenters. The SMILES string of the molecule is CC(C)N(C(C)C)P(OCCC#N)OCCN(CCSSC(C)(C)C)C(=O)OCC1c2ccccc2-c2ccccc21. The van der Waals surface area contributed by atoms with E-state index in [4.69, 9.17) is 19.0 Å². The van der Waals surface area contributed by atoms with Gasteiger partial charge >= 0.3 is 6.09 Å². The number of carbonyl (C=O) groups is 1. The van der Waals surface area contributed by atoms with Crippen molar-refractivity contribution in [3.63, 3.8) is 0 Å². The largest absolute Gasteiger partial charge is 0.448 e. The summed E-state index contributed by atoms with van der Waals surface area (Å²) in [6.07, 6.45) is -0.0260. The molecule has 1 aliphatic rings. The van der Waals surface area contributed by atoms with Gasteiger partial charge in [0.25, 0.3) is 8.53 Å². The third-order valence-electron chi connectivity index (χ3n) is 6.57. The van der Waals surface area contributed by atoms with Gasteiger partial charge in [0.15, 0.2) is 0 Å². The van der Waals surface area contributed by atoms with Crippen LogP contribution in [0, 0.1) is 11.3 Å². The molecule has 1 aliphatic carbocycles. The van der Waals surface area contributed by atoms with Crippen LogP contribution in [0.3, 0.4) is 0 Å². The Morgan fingerprint density at radius 2 is 1.52 bits per heavy atom. The molecule has 3 rings (SSSR count). The van der Waals surface area contributed by atoms with Crippen molar-refractivity contribution in [1.82, 2.24) is 9.57 Å². The minimum atomic E-state index is -1.38. The fourth-order valence-corrected chi connectivity index (χ4v) is 8.73. The summed E-state index contributed by atoms with van der Waals surface area (Å²) in [5, 5.41) is 9.00. The van der Waals surface area contributed by atoms with E-state index in [1.807, 2.05) is 22.9 Å². The zero-order valence-electron chi connectivity index (χ0n) is 26.0. The predicted molar refractivity (Wildman–Crippen MR) is 178 cm³/mol. The van der Waals surface area contributed by atoms with Gasteiger partial charge in [-0.15, -0.1) is 0 Å². The minimum absolute atomic E-state index is 0.0114. The second-order valence-corrected chi connectivity index (χ2v) is 16.4. The first-order valence-corrected chi connectivity index (χ1v) is 18.1. The van der Waals surface area contributed by atoms with Crippen molar-refractivity contribution in [3.05, 3.63) is 59.7 Å². The summed E-state index contributed by atoms with van der Waals surface area (Å²) >= 11 is 0. The van der Waals surface area contributed by atoms with Gasteiger partial charge in [-0.2, -0.15) is 5.26 Å². The van der Waals surface area contributed by atoms with E-state index in [0.717, 1.165) is 5.75 Å². The molecule has 2 aromatic carbocycles. The molecular weight excluding hydrogens is 585 g/mol. The molecule has 0 radical (unpaired) electrons. The number of amides is 1. The van der Waals surface area contributed by atoms with E-state index >= 15 is 0 Å². The van der Waals surface area contributed by atoms with Crippen molar-refractivity contribution in [2.75, 3.05) is 38.7 Å². The van der Waals surface area contributed by atoms with E-state index < -0.39 is 8.53 Å². The van der Waals surface area contributed by atoms with Crippen molar-refractivity contribution < 1.29 is 18.6 Å². The maximum Gasteiger partial charge on any atom is 0.409 e. The van der Waals surface area contributed by atoms with Gasteiger partial charge in [-0.05, 0) is 49.9 Å². The number of hydrogen-bond donors (Lipinski definition) is 0. The van der Waals surface area contributed by atoms with Gasteiger partial charge in [0.05, 0.1) is 25.7 Å². The average molecular weight is 632 g/mol. The van der Waals surface area contributed by atoms with E-state index in [9.17, 15) is 4.79 Å². The number of nitrogens with zero attached hydrogens (tertiary/aromatic N) is 3. The van der Waals surface area contributed by atoms with Crippen LogP contribution >= 0.6 is 30.1 Å². The van der Waals surface area contributed by atoms with Crippen LogP contribution in [0.1, 0.15) is 71.9 Å². The van der Waals surface area contributed by atoms with Crippen LogP contribution in [0.25, 0.3) is 11.1 Å². The van der Waals surface area contributed by atoms with Crippen molar-refractivity contribution in [3.8, 4) is 17.2 Å². The lowest BCUT2D eigenvalue weighted by Gasteiger charge is -2.36. The zero-order chi connectivity index (χ0) is 30.7. The van der Waals surface area contributed by atoms with Crippen LogP contribution in [0.15, 0.2) is 48.5 Å². The molecule has 0 N–H and O–H groups in total. The lowest BCUT2D eigenvalue weighted by molar-refractivity contribution is 0.0929. The number of benzene rings is 2. The highest BCUT2D eigenvalue weighted by Crippen LogP contribution is 2.46. The monoisotopic (exact) mass is 631 g/mol.